The zero-order valence-electron chi connectivity index (χ0n) is 15.9. The van der Waals surface area contributed by atoms with E-state index in [9.17, 15) is 20.1 Å². The van der Waals surface area contributed by atoms with E-state index in [0.29, 0.717) is 43.5 Å². The van der Waals surface area contributed by atoms with Gasteiger partial charge in [0.2, 0.25) is 0 Å². The lowest BCUT2D eigenvalue weighted by molar-refractivity contribution is -0.142. The number of allylic oxidation sites excluding steroid dienone is 3. The van der Waals surface area contributed by atoms with Gasteiger partial charge in [-0.1, -0.05) is 20.4 Å². The topological polar surface area (TPSA) is 103 Å². The van der Waals surface area contributed by atoms with E-state index in [1.165, 1.54) is 7.11 Å². The number of ether oxygens (including phenoxy) is 2. The third-order valence-electron chi connectivity index (χ3n) is 4.78. The lowest BCUT2D eigenvalue weighted by Gasteiger charge is -2.37. The van der Waals surface area contributed by atoms with Crippen LogP contribution >= 0.6 is 0 Å². The van der Waals surface area contributed by atoms with Crippen molar-refractivity contribution >= 4 is 11.9 Å². The van der Waals surface area contributed by atoms with Crippen molar-refractivity contribution < 1.29 is 19.1 Å². The largest absolute Gasteiger partial charge is 0.465 e. The van der Waals surface area contributed by atoms with Crippen molar-refractivity contribution in [3.63, 3.8) is 0 Å². The zero-order valence-corrected chi connectivity index (χ0v) is 15.9. The SMILES string of the molecule is C=CC(=O)OC1CCN(C2=C(C#N)/C(=C(\C#N)C(=O)OC)CC(C)(C)C2)C1. The summed E-state index contributed by atoms with van der Waals surface area (Å²) in [4.78, 5) is 25.5. The van der Waals surface area contributed by atoms with Crippen LogP contribution in [0.15, 0.2) is 35.1 Å². The number of nitriles is 2. The number of methoxy groups -OCH3 is 1. The Labute approximate surface area is 159 Å². The van der Waals surface area contributed by atoms with Gasteiger partial charge in [0.1, 0.15) is 23.8 Å². The molecule has 7 nitrogen and oxygen atoms in total. The minimum Gasteiger partial charge on any atom is -0.465 e. The summed E-state index contributed by atoms with van der Waals surface area (Å²) in [6.45, 7) is 8.54. The molecule has 0 amide bonds. The monoisotopic (exact) mass is 369 g/mol. The second kappa shape index (κ2) is 8.09. The van der Waals surface area contributed by atoms with Crippen LogP contribution in [-0.2, 0) is 19.1 Å². The third kappa shape index (κ3) is 4.38. The summed E-state index contributed by atoms with van der Waals surface area (Å²) in [5.74, 6) is -1.21. The first kappa shape index (κ1) is 20.3. The third-order valence-corrected chi connectivity index (χ3v) is 4.78. The van der Waals surface area contributed by atoms with Crippen molar-refractivity contribution in [2.45, 2.75) is 39.2 Å². The van der Waals surface area contributed by atoms with E-state index in [1.54, 1.807) is 0 Å². The van der Waals surface area contributed by atoms with Gasteiger partial charge in [-0.3, -0.25) is 0 Å². The molecule has 1 aliphatic carbocycles. The molecule has 1 unspecified atom stereocenters. The van der Waals surface area contributed by atoms with Crippen molar-refractivity contribution in [1.82, 2.24) is 4.90 Å². The normalized spacial score (nSPS) is 23.1. The maximum atomic E-state index is 12.0. The van der Waals surface area contributed by atoms with Gasteiger partial charge < -0.3 is 14.4 Å². The molecule has 0 saturated carbocycles. The van der Waals surface area contributed by atoms with Crippen molar-refractivity contribution in [3.8, 4) is 12.1 Å². The highest BCUT2D eigenvalue weighted by molar-refractivity contribution is 5.95. The number of esters is 2. The number of carbonyl (C=O) groups is 2. The smallest absolute Gasteiger partial charge is 0.348 e. The molecule has 0 aromatic rings. The average Bonchev–Trinajstić information content (AvgIpc) is 3.09. The van der Waals surface area contributed by atoms with Crippen LogP contribution in [0.2, 0.25) is 0 Å². The van der Waals surface area contributed by atoms with Gasteiger partial charge in [0.15, 0.2) is 0 Å². The van der Waals surface area contributed by atoms with E-state index >= 15 is 0 Å². The average molecular weight is 369 g/mol. The second-order valence-corrected chi connectivity index (χ2v) is 7.41. The standard InChI is InChI=1S/C20H23N3O4/c1-5-18(24)27-13-6-7-23(12-13)17-9-20(2,3)8-14(15(17)10-21)16(11-22)19(25)26-4/h5,13H,1,6-9,12H2,2-4H3/b16-14+. The highest BCUT2D eigenvalue weighted by Gasteiger charge is 2.38. The van der Waals surface area contributed by atoms with Crippen molar-refractivity contribution in [3.05, 3.63) is 35.1 Å². The fourth-order valence-corrected chi connectivity index (χ4v) is 3.58. The molecule has 142 valence electrons. The number of likely N-dealkylation sites (tertiary alicyclic amines) is 1. The molecule has 0 aromatic heterocycles. The van der Waals surface area contributed by atoms with Gasteiger partial charge in [0.05, 0.1) is 19.2 Å². The molecule has 1 saturated heterocycles. The molecule has 1 atom stereocenters. The Bertz CT molecular complexity index is 808. The number of hydrogen-bond acceptors (Lipinski definition) is 7. The fourth-order valence-electron chi connectivity index (χ4n) is 3.58. The Kier molecular flexibility index (Phi) is 6.07. The summed E-state index contributed by atoms with van der Waals surface area (Å²) in [6.07, 6.45) is 2.55. The summed E-state index contributed by atoms with van der Waals surface area (Å²) >= 11 is 0. The molecule has 0 aromatic carbocycles. The molecular weight excluding hydrogens is 346 g/mol. The number of hydrogen-bond donors (Lipinski definition) is 0. The van der Waals surface area contributed by atoms with Crippen LogP contribution in [-0.4, -0.2) is 43.1 Å². The first-order chi connectivity index (χ1) is 12.8. The molecule has 1 fully saturated rings. The van der Waals surface area contributed by atoms with Crippen LogP contribution in [0.4, 0.5) is 0 Å². The van der Waals surface area contributed by atoms with E-state index in [0.717, 1.165) is 11.8 Å². The van der Waals surface area contributed by atoms with Gasteiger partial charge in [0, 0.05) is 24.7 Å². The zero-order chi connectivity index (χ0) is 20.2. The molecule has 2 aliphatic rings. The minimum atomic E-state index is -0.739. The lowest BCUT2D eigenvalue weighted by Crippen LogP contribution is -2.32. The molecule has 2 rings (SSSR count). The maximum Gasteiger partial charge on any atom is 0.348 e. The van der Waals surface area contributed by atoms with Crippen molar-refractivity contribution in [2.24, 2.45) is 5.41 Å². The summed E-state index contributed by atoms with van der Waals surface area (Å²) in [6, 6.07) is 4.08. The van der Waals surface area contributed by atoms with Gasteiger partial charge in [-0.05, 0) is 23.8 Å². The molecule has 0 spiro atoms. The van der Waals surface area contributed by atoms with Gasteiger partial charge >= 0.3 is 11.9 Å². The van der Waals surface area contributed by atoms with Gasteiger partial charge in [-0.2, -0.15) is 10.5 Å². The van der Waals surface area contributed by atoms with Crippen LogP contribution in [0.25, 0.3) is 0 Å². The molecule has 0 radical (unpaired) electrons. The van der Waals surface area contributed by atoms with Crippen LogP contribution < -0.4 is 0 Å². The van der Waals surface area contributed by atoms with Gasteiger partial charge in [-0.25, -0.2) is 9.59 Å². The Hall–Kier alpha value is -3.06. The van der Waals surface area contributed by atoms with E-state index < -0.39 is 11.9 Å². The summed E-state index contributed by atoms with van der Waals surface area (Å²) in [5.41, 5.74) is 1.17. The number of carbonyl (C=O) groups excluding carboxylic acids is 2. The van der Waals surface area contributed by atoms with Crippen molar-refractivity contribution in [1.29, 1.82) is 10.5 Å². The van der Waals surface area contributed by atoms with Gasteiger partial charge in [0.25, 0.3) is 0 Å². The molecule has 27 heavy (non-hydrogen) atoms. The van der Waals surface area contributed by atoms with Crippen LogP contribution in [0.3, 0.4) is 0 Å². The van der Waals surface area contributed by atoms with Gasteiger partial charge in [-0.15, -0.1) is 0 Å². The molecule has 1 aliphatic heterocycles. The molecule has 0 bridgehead atoms. The maximum absolute atomic E-state index is 12.0. The Morgan fingerprint density at radius 2 is 2.04 bits per heavy atom. The summed E-state index contributed by atoms with van der Waals surface area (Å²) in [5, 5.41) is 19.2. The van der Waals surface area contributed by atoms with E-state index in [4.69, 9.17) is 9.47 Å². The Balaban J connectivity index is 2.46. The van der Waals surface area contributed by atoms with Crippen LogP contribution in [0.1, 0.15) is 33.1 Å². The van der Waals surface area contributed by atoms with E-state index in [-0.39, 0.29) is 17.1 Å². The predicted octanol–water partition coefficient (Wildman–Crippen LogP) is 2.38. The molecular formula is C20H23N3O4. The first-order valence-corrected chi connectivity index (χ1v) is 8.69. The summed E-state index contributed by atoms with van der Waals surface area (Å²) < 4.78 is 10.0. The van der Waals surface area contributed by atoms with Crippen molar-refractivity contribution in [2.75, 3.05) is 20.2 Å². The lowest BCUT2D eigenvalue weighted by atomic mass is 9.72. The molecule has 1 heterocycles. The minimum absolute atomic E-state index is 0.131. The van der Waals surface area contributed by atoms with Crippen LogP contribution in [0.5, 0.6) is 0 Å². The first-order valence-electron chi connectivity index (χ1n) is 8.69. The van der Waals surface area contributed by atoms with E-state index in [1.807, 2.05) is 24.8 Å². The second-order valence-electron chi connectivity index (χ2n) is 7.41. The summed E-state index contributed by atoms with van der Waals surface area (Å²) in [7, 11) is 1.21. The Morgan fingerprint density at radius 3 is 2.59 bits per heavy atom. The number of nitrogens with zero attached hydrogens (tertiary/aromatic N) is 3. The molecule has 0 N–H and O–H groups in total. The van der Waals surface area contributed by atoms with Crippen LogP contribution in [0, 0.1) is 28.1 Å². The quantitative estimate of drug-likeness (QED) is 0.426. The highest BCUT2D eigenvalue weighted by atomic mass is 16.5. The molecule has 7 heteroatoms. The van der Waals surface area contributed by atoms with E-state index in [2.05, 4.69) is 12.6 Å². The number of rotatable bonds is 4. The Morgan fingerprint density at radius 1 is 1.33 bits per heavy atom. The highest BCUT2D eigenvalue weighted by Crippen LogP contribution is 2.44. The predicted molar refractivity (Wildman–Crippen MR) is 96.6 cm³/mol. The fraction of sp³-hybridized carbons (Fsp3) is 0.500.